The average molecular weight is 449 g/mol. The van der Waals surface area contributed by atoms with Crippen molar-refractivity contribution in [3.63, 3.8) is 0 Å². The minimum Gasteiger partial charge on any atom is -0.349 e. The van der Waals surface area contributed by atoms with Crippen LogP contribution in [0.5, 0.6) is 0 Å². The number of sulfonamides is 1. The van der Waals surface area contributed by atoms with Crippen molar-refractivity contribution in [1.82, 2.24) is 9.62 Å². The largest absolute Gasteiger partial charge is 0.349 e. The summed E-state index contributed by atoms with van der Waals surface area (Å²) in [5, 5.41) is 3.62. The summed E-state index contributed by atoms with van der Waals surface area (Å²) in [5.74, 6) is -0.195. The highest BCUT2D eigenvalue weighted by Crippen LogP contribution is 2.26. The van der Waals surface area contributed by atoms with E-state index in [-0.39, 0.29) is 22.8 Å². The SMILES string of the molecule is Cc1cc(C)c([C@H](C)NC(=O)C2CCN(S(=O)(=O)c3ccc(Cl)cc3)CC2)cc1C. The average Bonchev–Trinajstić information content (AvgIpc) is 2.71. The molecule has 1 N–H and O–H groups in total. The van der Waals surface area contributed by atoms with Crippen LogP contribution in [-0.2, 0) is 14.8 Å². The first-order valence-electron chi connectivity index (χ1n) is 10.2. The minimum absolute atomic E-state index is 0.0105. The van der Waals surface area contributed by atoms with Gasteiger partial charge in [-0.2, -0.15) is 4.31 Å². The van der Waals surface area contributed by atoms with E-state index in [9.17, 15) is 13.2 Å². The third-order valence-electron chi connectivity index (χ3n) is 5.98. The fraction of sp³-hybridized carbons (Fsp3) is 0.435. The number of hydrogen-bond donors (Lipinski definition) is 1. The molecule has 2 aromatic rings. The molecular weight excluding hydrogens is 420 g/mol. The lowest BCUT2D eigenvalue weighted by atomic mass is 9.94. The summed E-state index contributed by atoms with van der Waals surface area (Å²) < 4.78 is 27.1. The fourth-order valence-electron chi connectivity index (χ4n) is 3.97. The Labute approximate surface area is 184 Å². The van der Waals surface area contributed by atoms with Gasteiger partial charge < -0.3 is 5.32 Å². The second-order valence-corrected chi connectivity index (χ2v) is 10.5. The Kier molecular flexibility index (Phi) is 6.90. The van der Waals surface area contributed by atoms with Gasteiger partial charge in [-0.1, -0.05) is 23.7 Å². The predicted octanol–water partition coefficient (Wildman–Crippen LogP) is 4.54. The molecule has 0 aromatic heterocycles. The first-order valence-corrected chi connectivity index (χ1v) is 12.0. The van der Waals surface area contributed by atoms with Crippen molar-refractivity contribution in [3.8, 4) is 0 Å². The van der Waals surface area contributed by atoms with E-state index in [1.165, 1.54) is 27.6 Å². The molecule has 0 saturated carbocycles. The zero-order valence-electron chi connectivity index (χ0n) is 17.9. The van der Waals surface area contributed by atoms with Crippen molar-refractivity contribution in [1.29, 1.82) is 0 Å². The maximum atomic E-state index is 12.8. The number of amides is 1. The van der Waals surface area contributed by atoms with Crippen LogP contribution in [0.2, 0.25) is 5.02 Å². The van der Waals surface area contributed by atoms with Crippen molar-refractivity contribution < 1.29 is 13.2 Å². The molecule has 2 aromatic carbocycles. The quantitative estimate of drug-likeness (QED) is 0.729. The summed E-state index contributed by atoms with van der Waals surface area (Å²) in [6, 6.07) is 10.4. The number of carbonyl (C=O) groups is 1. The van der Waals surface area contributed by atoms with Gasteiger partial charge in [-0.25, -0.2) is 8.42 Å². The highest BCUT2D eigenvalue weighted by Gasteiger charge is 2.32. The maximum Gasteiger partial charge on any atom is 0.243 e. The normalized spacial score (nSPS) is 17.0. The van der Waals surface area contributed by atoms with Crippen LogP contribution in [0.25, 0.3) is 0 Å². The number of aryl methyl sites for hydroxylation is 3. The van der Waals surface area contributed by atoms with Gasteiger partial charge in [-0.15, -0.1) is 0 Å². The summed E-state index contributed by atoms with van der Waals surface area (Å²) in [6.45, 7) is 8.88. The molecule has 1 heterocycles. The lowest BCUT2D eigenvalue weighted by Crippen LogP contribution is -2.43. The standard InChI is InChI=1S/C23H29ClN2O3S/c1-15-13-17(3)22(14-16(15)2)18(4)25-23(27)19-9-11-26(12-10-19)30(28,29)21-7-5-20(24)6-8-21/h5-8,13-14,18-19H,9-12H2,1-4H3,(H,25,27)/t18-/m0/s1. The van der Waals surface area contributed by atoms with Gasteiger partial charge in [0.25, 0.3) is 0 Å². The number of halogens is 1. The van der Waals surface area contributed by atoms with E-state index in [1.54, 1.807) is 12.1 Å². The van der Waals surface area contributed by atoms with Crippen LogP contribution < -0.4 is 5.32 Å². The number of benzene rings is 2. The number of nitrogens with zero attached hydrogens (tertiary/aromatic N) is 1. The molecule has 7 heteroatoms. The minimum atomic E-state index is -3.57. The van der Waals surface area contributed by atoms with Gasteiger partial charge in [0.2, 0.25) is 15.9 Å². The van der Waals surface area contributed by atoms with Crippen LogP contribution in [-0.4, -0.2) is 31.7 Å². The number of piperidine rings is 1. The van der Waals surface area contributed by atoms with Gasteiger partial charge >= 0.3 is 0 Å². The molecule has 1 atom stereocenters. The lowest BCUT2D eigenvalue weighted by Gasteiger charge is -2.31. The number of hydrogen-bond acceptors (Lipinski definition) is 3. The van der Waals surface area contributed by atoms with Crippen LogP contribution in [0.1, 0.15) is 48.1 Å². The number of nitrogens with one attached hydrogen (secondary N) is 1. The van der Waals surface area contributed by atoms with Crippen molar-refractivity contribution in [3.05, 3.63) is 63.7 Å². The number of rotatable bonds is 5. The van der Waals surface area contributed by atoms with Gasteiger partial charge in [0.15, 0.2) is 0 Å². The molecule has 1 aliphatic heterocycles. The first kappa shape index (κ1) is 22.8. The molecule has 1 amide bonds. The second-order valence-electron chi connectivity index (χ2n) is 8.16. The molecule has 0 aliphatic carbocycles. The van der Waals surface area contributed by atoms with Gasteiger partial charge in [0.05, 0.1) is 10.9 Å². The molecule has 3 rings (SSSR count). The molecule has 30 heavy (non-hydrogen) atoms. The van der Waals surface area contributed by atoms with Gasteiger partial charge in [0, 0.05) is 24.0 Å². The fourth-order valence-corrected chi connectivity index (χ4v) is 5.57. The summed E-state index contributed by atoms with van der Waals surface area (Å²) in [6.07, 6.45) is 1.02. The summed E-state index contributed by atoms with van der Waals surface area (Å²) in [7, 11) is -3.57. The zero-order valence-corrected chi connectivity index (χ0v) is 19.5. The molecule has 1 fully saturated rings. The summed E-state index contributed by atoms with van der Waals surface area (Å²) >= 11 is 5.86. The van der Waals surface area contributed by atoms with E-state index in [4.69, 9.17) is 11.6 Å². The molecule has 0 unspecified atom stereocenters. The van der Waals surface area contributed by atoms with Crippen LogP contribution in [0.4, 0.5) is 0 Å². The highest BCUT2D eigenvalue weighted by atomic mass is 35.5. The Morgan fingerprint density at radius 2 is 1.60 bits per heavy atom. The molecule has 1 aliphatic rings. The predicted molar refractivity (Wildman–Crippen MR) is 120 cm³/mol. The van der Waals surface area contributed by atoms with Crippen LogP contribution in [0.15, 0.2) is 41.3 Å². The Morgan fingerprint density at radius 1 is 1.03 bits per heavy atom. The second kappa shape index (κ2) is 9.08. The molecule has 1 saturated heterocycles. The molecule has 0 bridgehead atoms. The number of carbonyl (C=O) groups excluding carboxylic acids is 1. The summed E-state index contributed by atoms with van der Waals surface area (Å²) in [4.78, 5) is 13.0. The van der Waals surface area contributed by atoms with E-state index in [0.717, 1.165) is 11.1 Å². The summed E-state index contributed by atoms with van der Waals surface area (Å²) in [5.41, 5.74) is 4.73. The zero-order chi connectivity index (χ0) is 22.1. The smallest absolute Gasteiger partial charge is 0.243 e. The Morgan fingerprint density at radius 3 is 2.20 bits per heavy atom. The highest BCUT2D eigenvalue weighted by molar-refractivity contribution is 7.89. The maximum absolute atomic E-state index is 12.8. The van der Waals surface area contributed by atoms with Crippen molar-refractivity contribution in [2.75, 3.05) is 13.1 Å². The Hall–Kier alpha value is -1.89. The van der Waals surface area contributed by atoms with E-state index >= 15 is 0 Å². The molecule has 0 radical (unpaired) electrons. The Bertz CT molecular complexity index is 1030. The van der Waals surface area contributed by atoms with E-state index in [0.29, 0.717) is 31.0 Å². The van der Waals surface area contributed by atoms with Gasteiger partial charge in [0.1, 0.15) is 0 Å². The third-order valence-corrected chi connectivity index (χ3v) is 8.15. The van der Waals surface area contributed by atoms with Crippen molar-refractivity contribution in [2.24, 2.45) is 5.92 Å². The van der Waals surface area contributed by atoms with Gasteiger partial charge in [-0.3, -0.25) is 4.79 Å². The molecular formula is C23H29ClN2O3S. The van der Waals surface area contributed by atoms with E-state index in [2.05, 4.69) is 38.2 Å². The van der Waals surface area contributed by atoms with Crippen LogP contribution in [0.3, 0.4) is 0 Å². The molecule has 5 nitrogen and oxygen atoms in total. The lowest BCUT2D eigenvalue weighted by molar-refractivity contribution is -0.126. The van der Waals surface area contributed by atoms with Crippen molar-refractivity contribution in [2.45, 2.75) is 51.5 Å². The van der Waals surface area contributed by atoms with Crippen LogP contribution in [0, 0.1) is 26.7 Å². The van der Waals surface area contributed by atoms with Gasteiger partial charge in [-0.05, 0) is 87.1 Å². The van der Waals surface area contributed by atoms with Crippen molar-refractivity contribution >= 4 is 27.5 Å². The van der Waals surface area contributed by atoms with E-state index < -0.39 is 10.0 Å². The monoisotopic (exact) mass is 448 g/mol. The van der Waals surface area contributed by atoms with E-state index in [1.807, 2.05) is 6.92 Å². The molecule has 0 spiro atoms. The first-order chi connectivity index (χ1) is 14.1. The third kappa shape index (κ3) is 4.88. The molecule has 162 valence electrons. The Balaban J connectivity index is 1.61. The van der Waals surface area contributed by atoms with Crippen LogP contribution >= 0.6 is 11.6 Å². The topological polar surface area (TPSA) is 66.5 Å².